The van der Waals surface area contributed by atoms with Crippen LogP contribution in [0.1, 0.15) is 21.0 Å². The number of aliphatic hydroxyl groups is 1. The van der Waals surface area contributed by atoms with Crippen molar-refractivity contribution in [3.63, 3.8) is 0 Å². The van der Waals surface area contributed by atoms with Gasteiger partial charge in [0.05, 0.1) is 6.33 Å². The van der Waals surface area contributed by atoms with Crippen molar-refractivity contribution in [3.05, 3.63) is 17.7 Å². The third kappa shape index (κ3) is 3.21. The molecule has 0 radical (unpaired) electrons. The van der Waals surface area contributed by atoms with Crippen LogP contribution in [0.2, 0.25) is 0 Å². The summed E-state index contributed by atoms with van der Waals surface area (Å²) in [5.41, 5.74) is -0.881. The Morgan fingerprint density at radius 2 is 2.18 bits per heavy atom. The minimum absolute atomic E-state index is 0.432. The molecule has 0 aromatic carbocycles. The van der Waals surface area contributed by atoms with Crippen molar-refractivity contribution in [1.29, 1.82) is 0 Å². The molecule has 0 saturated carbocycles. The molecule has 0 aliphatic rings. The van der Waals surface area contributed by atoms with Crippen molar-refractivity contribution >= 4 is 11.9 Å². The van der Waals surface area contributed by atoms with E-state index >= 15 is 0 Å². The highest BCUT2D eigenvalue weighted by Gasteiger charge is 2.22. The number of aromatic carboxylic acids is 1. The summed E-state index contributed by atoms with van der Waals surface area (Å²) in [6.45, 7) is -0.692. The smallest absolute Gasteiger partial charge is 0.354 e. The maximum atomic E-state index is 11.9. The Hall–Kier alpha value is -2.03. The number of carboxylic acids is 1. The van der Waals surface area contributed by atoms with Crippen LogP contribution in [-0.4, -0.2) is 51.1 Å². The van der Waals surface area contributed by atoms with Crippen LogP contribution < -0.4 is 5.32 Å². The zero-order valence-electron chi connectivity index (χ0n) is 8.35. The lowest BCUT2D eigenvalue weighted by molar-refractivity contribution is -0.00274. The molecular weight excluding hydrogens is 240 g/mol. The van der Waals surface area contributed by atoms with Gasteiger partial charge in [0, 0.05) is 6.54 Å². The second-order valence-electron chi connectivity index (χ2n) is 3.04. The fourth-order valence-electron chi connectivity index (χ4n) is 1.000. The molecule has 0 spiro atoms. The molecule has 1 aromatic heterocycles. The molecule has 7 nitrogen and oxygen atoms in total. The van der Waals surface area contributed by atoms with Gasteiger partial charge in [0.25, 0.3) is 12.3 Å². The Bertz CT molecular complexity index is 421. The van der Waals surface area contributed by atoms with Crippen molar-refractivity contribution in [2.24, 2.45) is 0 Å². The van der Waals surface area contributed by atoms with E-state index in [0.717, 1.165) is 6.33 Å². The standard InChI is InChI=1S/C8H9F2N3O4/c9-6(10)3(14)1-11-7(15)4-5(8(16)17)13-2-12-4/h2-3,6,14H,1H2,(H,11,15)(H,12,13)(H,16,17). The molecule has 1 heterocycles. The van der Waals surface area contributed by atoms with E-state index in [0.29, 0.717) is 0 Å². The average molecular weight is 249 g/mol. The predicted molar refractivity (Wildman–Crippen MR) is 49.9 cm³/mol. The number of carboxylic acid groups (broad SMARTS) is 1. The van der Waals surface area contributed by atoms with Crippen LogP contribution in [0.25, 0.3) is 0 Å². The Morgan fingerprint density at radius 3 is 2.71 bits per heavy atom. The molecule has 1 rings (SSSR count). The lowest BCUT2D eigenvalue weighted by Crippen LogP contribution is -2.36. The van der Waals surface area contributed by atoms with E-state index in [2.05, 4.69) is 9.97 Å². The van der Waals surface area contributed by atoms with E-state index in [1.807, 2.05) is 5.32 Å². The van der Waals surface area contributed by atoms with Crippen LogP contribution in [0.15, 0.2) is 6.33 Å². The first-order valence-corrected chi connectivity index (χ1v) is 4.44. The van der Waals surface area contributed by atoms with Gasteiger partial charge in [-0.15, -0.1) is 0 Å². The van der Waals surface area contributed by atoms with E-state index in [-0.39, 0.29) is 0 Å². The van der Waals surface area contributed by atoms with E-state index in [1.165, 1.54) is 0 Å². The number of nitrogens with one attached hydrogen (secondary N) is 2. The largest absolute Gasteiger partial charge is 0.477 e. The van der Waals surface area contributed by atoms with Gasteiger partial charge in [-0.05, 0) is 0 Å². The summed E-state index contributed by atoms with van der Waals surface area (Å²) in [7, 11) is 0. The van der Waals surface area contributed by atoms with E-state index in [4.69, 9.17) is 10.2 Å². The maximum absolute atomic E-state index is 11.9. The number of imidazole rings is 1. The van der Waals surface area contributed by atoms with Crippen molar-refractivity contribution in [2.45, 2.75) is 12.5 Å². The summed E-state index contributed by atoms with van der Waals surface area (Å²) in [6.07, 6.45) is -4.01. The van der Waals surface area contributed by atoms with Crippen molar-refractivity contribution < 1.29 is 28.6 Å². The Kier molecular flexibility index (Phi) is 4.10. The highest BCUT2D eigenvalue weighted by molar-refractivity contribution is 6.02. The summed E-state index contributed by atoms with van der Waals surface area (Å²) >= 11 is 0. The topological polar surface area (TPSA) is 115 Å². The zero-order valence-corrected chi connectivity index (χ0v) is 8.35. The highest BCUT2D eigenvalue weighted by Crippen LogP contribution is 2.03. The number of aromatic nitrogens is 2. The van der Waals surface area contributed by atoms with Gasteiger partial charge in [-0.25, -0.2) is 18.6 Å². The number of carbonyl (C=O) groups excluding carboxylic acids is 1. The number of hydrogen-bond acceptors (Lipinski definition) is 4. The predicted octanol–water partition coefficient (Wildman–Crippen LogP) is -0.536. The first-order valence-electron chi connectivity index (χ1n) is 4.44. The molecule has 0 aliphatic heterocycles. The molecule has 0 bridgehead atoms. The number of halogens is 2. The maximum Gasteiger partial charge on any atom is 0.354 e. The normalized spacial score (nSPS) is 12.5. The van der Waals surface area contributed by atoms with Crippen LogP contribution in [0, 0.1) is 0 Å². The summed E-state index contributed by atoms with van der Waals surface area (Å²) < 4.78 is 23.8. The third-order valence-electron chi connectivity index (χ3n) is 1.83. The molecule has 17 heavy (non-hydrogen) atoms. The SMILES string of the molecule is O=C(NCC(O)C(F)F)c1nc[nH]c1C(=O)O. The van der Waals surface area contributed by atoms with Crippen LogP contribution >= 0.6 is 0 Å². The lowest BCUT2D eigenvalue weighted by atomic mass is 10.3. The Labute approximate surface area is 93.5 Å². The van der Waals surface area contributed by atoms with Crippen LogP contribution in [0.4, 0.5) is 8.78 Å². The Balaban J connectivity index is 2.64. The van der Waals surface area contributed by atoms with Gasteiger partial charge in [-0.1, -0.05) is 0 Å². The van der Waals surface area contributed by atoms with Crippen LogP contribution in [0.3, 0.4) is 0 Å². The molecule has 1 amide bonds. The van der Waals surface area contributed by atoms with Gasteiger partial charge in [0.1, 0.15) is 6.10 Å². The number of hydrogen-bond donors (Lipinski definition) is 4. The van der Waals surface area contributed by atoms with Crippen molar-refractivity contribution in [3.8, 4) is 0 Å². The van der Waals surface area contributed by atoms with Gasteiger partial charge < -0.3 is 20.5 Å². The van der Waals surface area contributed by atoms with Gasteiger partial charge in [-0.3, -0.25) is 4.79 Å². The second kappa shape index (κ2) is 5.34. The fourth-order valence-corrected chi connectivity index (χ4v) is 1.000. The monoisotopic (exact) mass is 249 g/mol. The van der Waals surface area contributed by atoms with E-state index < -0.39 is 42.3 Å². The third-order valence-corrected chi connectivity index (χ3v) is 1.83. The minimum atomic E-state index is -2.99. The molecule has 0 aliphatic carbocycles. The number of rotatable bonds is 5. The quantitative estimate of drug-likeness (QED) is 0.559. The average Bonchev–Trinajstić information content (AvgIpc) is 2.73. The zero-order chi connectivity index (χ0) is 13.0. The molecule has 0 fully saturated rings. The molecule has 1 atom stereocenters. The molecule has 94 valence electrons. The first-order chi connectivity index (χ1) is 7.93. The number of alkyl halides is 2. The minimum Gasteiger partial charge on any atom is -0.477 e. The Morgan fingerprint density at radius 1 is 1.53 bits per heavy atom. The first kappa shape index (κ1) is 13.0. The van der Waals surface area contributed by atoms with Gasteiger partial charge >= 0.3 is 5.97 Å². The second-order valence-corrected chi connectivity index (χ2v) is 3.04. The number of amides is 1. The molecule has 9 heteroatoms. The molecule has 1 aromatic rings. The van der Waals surface area contributed by atoms with Crippen LogP contribution in [0.5, 0.6) is 0 Å². The highest BCUT2D eigenvalue weighted by atomic mass is 19.3. The van der Waals surface area contributed by atoms with Crippen molar-refractivity contribution in [1.82, 2.24) is 15.3 Å². The fraction of sp³-hybridized carbons (Fsp3) is 0.375. The van der Waals surface area contributed by atoms with Crippen molar-refractivity contribution in [2.75, 3.05) is 6.54 Å². The van der Waals surface area contributed by atoms with Crippen LogP contribution in [-0.2, 0) is 0 Å². The van der Waals surface area contributed by atoms with Gasteiger partial charge in [0.15, 0.2) is 11.4 Å². The van der Waals surface area contributed by atoms with E-state index in [9.17, 15) is 18.4 Å². The summed E-state index contributed by atoms with van der Waals surface area (Å²) in [4.78, 5) is 27.6. The van der Waals surface area contributed by atoms with Gasteiger partial charge in [0.2, 0.25) is 0 Å². The number of nitrogens with zero attached hydrogens (tertiary/aromatic N) is 1. The summed E-state index contributed by atoms with van der Waals surface area (Å²) in [6, 6.07) is 0. The molecule has 4 N–H and O–H groups in total. The number of aliphatic hydroxyl groups excluding tert-OH is 1. The number of aromatic amines is 1. The summed E-state index contributed by atoms with van der Waals surface area (Å²) in [5.74, 6) is -2.36. The molecule has 1 unspecified atom stereocenters. The lowest BCUT2D eigenvalue weighted by Gasteiger charge is -2.09. The van der Waals surface area contributed by atoms with E-state index in [1.54, 1.807) is 0 Å². The molecule has 0 saturated heterocycles. The number of H-pyrrole nitrogens is 1. The summed E-state index contributed by atoms with van der Waals surface area (Å²) in [5, 5.41) is 19.3. The number of carbonyl (C=O) groups is 2. The van der Waals surface area contributed by atoms with Gasteiger partial charge in [-0.2, -0.15) is 0 Å². The molecular formula is C8H9F2N3O4.